The molecular formula is C16H18N4O2S. The second-order valence-corrected chi connectivity index (χ2v) is 6.65. The highest BCUT2D eigenvalue weighted by molar-refractivity contribution is 7.12. The number of aromatic nitrogens is 2. The van der Waals surface area contributed by atoms with E-state index < -0.39 is 5.91 Å². The fourth-order valence-corrected chi connectivity index (χ4v) is 3.60. The number of rotatable bonds is 4. The first-order valence-electron chi connectivity index (χ1n) is 7.57. The summed E-state index contributed by atoms with van der Waals surface area (Å²) in [6, 6.07) is 5.40. The summed E-state index contributed by atoms with van der Waals surface area (Å²) < 4.78 is 0. The van der Waals surface area contributed by atoms with Crippen LogP contribution in [0.1, 0.15) is 38.7 Å². The molecule has 3 heterocycles. The van der Waals surface area contributed by atoms with E-state index in [0.29, 0.717) is 12.5 Å². The molecule has 1 aliphatic heterocycles. The van der Waals surface area contributed by atoms with Gasteiger partial charge < -0.3 is 10.6 Å². The Morgan fingerprint density at radius 1 is 1.39 bits per heavy atom. The minimum Gasteiger partial charge on any atom is -0.364 e. The number of hydrogen-bond donors (Lipinski definition) is 1. The molecule has 2 aromatic rings. The molecule has 6 nitrogen and oxygen atoms in total. The third-order valence-electron chi connectivity index (χ3n) is 4.01. The van der Waals surface area contributed by atoms with Gasteiger partial charge in [0.25, 0.3) is 11.8 Å². The van der Waals surface area contributed by atoms with E-state index in [-0.39, 0.29) is 11.6 Å². The standard InChI is InChI=1S/C16H18N4O2S/c17-15(21)13-8-12(18-10-19-13)7-11-3-1-5-20(9-11)16(22)14-4-2-6-23-14/h2,4,6,8,10-11H,1,3,5,7,9H2,(H2,17,21)/t11-/m1/s1. The molecule has 1 saturated heterocycles. The first-order chi connectivity index (χ1) is 11.1. The van der Waals surface area contributed by atoms with E-state index in [4.69, 9.17) is 5.73 Å². The van der Waals surface area contributed by atoms with Gasteiger partial charge in [-0.15, -0.1) is 11.3 Å². The van der Waals surface area contributed by atoms with Crippen LogP contribution < -0.4 is 5.73 Å². The minimum absolute atomic E-state index is 0.102. The normalized spacial score (nSPS) is 17.9. The molecule has 0 aliphatic carbocycles. The van der Waals surface area contributed by atoms with Crippen LogP contribution in [0.15, 0.2) is 29.9 Å². The zero-order chi connectivity index (χ0) is 16.2. The van der Waals surface area contributed by atoms with Gasteiger partial charge in [-0.25, -0.2) is 9.97 Å². The van der Waals surface area contributed by atoms with Crippen molar-refractivity contribution in [1.29, 1.82) is 0 Å². The van der Waals surface area contributed by atoms with Gasteiger partial charge in [0.15, 0.2) is 0 Å². The summed E-state index contributed by atoms with van der Waals surface area (Å²) in [7, 11) is 0. The summed E-state index contributed by atoms with van der Waals surface area (Å²) in [6.45, 7) is 1.51. The van der Waals surface area contributed by atoms with Crippen LogP contribution in [-0.2, 0) is 6.42 Å². The molecule has 0 spiro atoms. The maximum Gasteiger partial charge on any atom is 0.267 e. The molecule has 2 aromatic heterocycles. The van der Waals surface area contributed by atoms with E-state index in [1.54, 1.807) is 6.07 Å². The summed E-state index contributed by atoms with van der Waals surface area (Å²) in [5, 5.41) is 1.92. The molecule has 0 bridgehead atoms. The lowest BCUT2D eigenvalue weighted by Gasteiger charge is -2.32. The molecule has 0 saturated carbocycles. The zero-order valence-corrected chi connectivity index (χ0v) is 13.5. The Labute approximate surface area is 138 Å². The summed E-state index contributed by atoms with van der Waals surface area (Å²) in [5.41, 5.74) is 6.28. The Morgan fingerprint density at radius 3 is 3.00 bits per heavy atom. The van der Waals surface area contributed by atoms with Crippen LogP contribution in [0.4, 0.5) is 0 Å². The summed E-state index contributed by atoms with van der Waals surface area (Å²) in [4.78, 5) is 34.4. The van der Waals surface area contributed by atoms with E-state index in [1.807, 2.05) is 22.4 Å². The molecule has 120 valence electrons. The molecule has 7 heteroatoms. The van der Waals surface area contributed by atoms with Gasteiger partial charge in [0.2, 0.25) is 0 Å². The zero-order valence-electron chi connectivity index (χ0n) is 12.6. The van der Waals surface area contributed by atoms with E-state index in [2.05, 4.69) is 9.97 Å². The van der Waals surface area contributed by atoms with Crippen molar-refractivity contribution in [3.63, 3.8) is 0 Å². The molecule has 0 aromatic carbocycles. The van der Waals surface area contributed by atoms with E-state index >= 15 is 0 Å². The van der Waals surface area contributed by atoms with Gasteiger partial charge in [-0.2, -0.15) is 0 Å². The van der Waals surface area contributed by atoms with Crippen LogP contribution in [0.5, 0.6) is 0 Å². The van der Waals surface area contributed by atoms with E-state index in [9.17, 15) is 9.59 Å². The lowest BCUT2D eigenvalue weighted by molar-refractivity contribution is 0.0677. The van der Waals surface area contributed by atoms with E-state index in [0.717, 1.165) is 36.4 Å². The number of likely N-dealkylation sites (tertiary alicyclic amines) is 1. The van der Waals surface area contributed by atoms with Crippen molar-refractivity contribution >= 4 is 23.2 Å². The third-order valence-corrected chi connectivity index (χ3v) is 4.87. The van der Waals surface area contributed by atoms with Crippen LogP contribution in [0.3, 0.4) is 0 Å². The predicted octanol–water partition coefficient (Wildman–Crippen LogP) is 1.73. The van der Waals surface area contributed by atoms with Crippen molar-refractivity contribution in [3.8, 4) is 0 Å². The fraction of sp³-hybridized carbons (Fsp3) is 0.375. The average Bonchev–Trinajstić information content (AvgIpc) is 3.09. The smallest absolute Gasteiger partial charge is 0.267 e. The Morgan fingerprint density at radius 2 is 2.26 bits per heavy atom. The van der Waals surface area contributed by atoms with Crippen molar-refractivity contribution in [2.75, 3.05) is 13.1 Å². The number of nitrogens with two attached hydrogens (primary N) is 1. The third kappa shape index (κ3) is 3.73. The number of thiophene rings is 1. The van der Waals surface area contributed by atoms with Crippen LogP contribution in [0, 0.1) is 5.92 Å². The highest BCUT2D eigenvalue weighted by atomic mass is 32.1. The highest BCUT2D eigenvalue weighted by Gasteiger charge is 2.25. The molecule has 1 aliphatic rings. The van der Waals surface area contributed by atoms with Crippen molar-refractivity contribution < 1.29 is 9.59 Å². The monoisotopic (exact) mass is 330 g/mol. The lowest BCUT2D eigenvalue weighted by atomic mass is 9.93. The van der Waals surface area contributed by atoms with Crippen LogP contribution >= 0.6 is 11.3 Å². The Bertz CT molecular complexity index is 702. The van der Waals surface area contributed by atoms with Gasteiger partial charge in [-0.3, -0.25) is 9.59 Å². The summed E-state index contributed by atoms with van der Waals surface area (Å²) >= 11 is 1.47. The number of hydrogen-bond acceptors (Lipinski definition) is 5. The number of primary amides is 1. The van der Waals surface area contributed by atoms with Gasteiger partial charge in [0.05, 0.1) is 4.88 Å². The number of nitrogens with zero attached hydrogens (tertiary/aromatic N) is 3. The minimum atomic E-state index is -0.549. The molecule has 0 unspecified atom stereocenters. The quantitative estimate of drug-likeness (QED) is 0.924. The molecular weight excluding hydrogens is 312 g/mol. The predicted molar refractivity (Wildman–Crippen MR) is 87.2 cm³/mol. The highest BCUT2D eigenvalue weighted by Crippen LogP contribution is 2.23. The topological polar surface area (TPSA) is 89.2 Å². The van der Waals surface area contributed by atoms with Crippen molar-refractivity contribution in [2.24, 2.45) is 11.7 Å². The van der Waals surface area contributed by atoms with Crippen molar-refractivity contribution in [3.05, 3.63) is 46.2 Å². The molecule has 2 N–H and O–H groups in total. The molecule has 2 amide bonds. The largest absolute Gasteiger partial charge is 0.364 e. The Hall–Kier alpha value is -2.28. The molecule has 0 radical (unpaired) electrons. The van der Waals surface area contributed by atoms with Gasteiger partial charge in [0, 0.05) is 18.8 Å². The number of carbonyl (C=O) groups is 2. The molecule has 23 heavy (non-hydrogen) atoms. The van der Waals surface area contributed by atoms with Gasteiger partial charge >= 0.3 is 0 Å². The van der Waals surface area contributed by atoms with Gasteiger partial charge in [-0.1, -0.05) is 6.07 Å². The first-order valence-corrected chi connectivity index (χ1v) is 8.45. The maximum atomic E-state index is 12.5. The lowest BCUT2D eigenvalue weighted by Crippen LogP contribution is -2.40. The molecule has 1 fully saturated rings. The van der Waals surface area contributed by atoms with Crippen molar-refractivity contribution in [1.82, 2.24) is 14.9 Å². The fourth-order valence-electron chi connectivity index (χ4n) is 2.91. The second kappa shape index (κ2) is 6.87. The van der Waals surface area contributed by atoms with E-state index in [1.165, 1.54) is 17.7 Å². The first kappa shape index (κ1) is 15.6. The number of carbonyl (C=O) groups excluding carboxylic acids is 2. The summed E-state index contributed by atoms with van der Waals surface area (Å²) in [6.07, 6.45) is 4.11. The number of amides is 2. The van der Waals surface area contributed by atoms with Gasteiger partial charge in [0.1, 0.15) is 12.0 Å². The summed E-state index contributed by atoms with van der Waals surface area (Å²) in [5.74, 6) is -0.111. The van der Waals surface area contributed by atoms with Crippen LogP contribution in [0.2, 0.25) is 0 Å². The van der Waals surface area contributed by atoms with Crippen LogP contribution in [0.25, 0.3) is 0 Å². The Kier molecular flexibility index (Phi) is 4.66. The molecule has 3 rings (SSSR count). The van der Waals surface area contributed by atoms with Gasteiger partial charge in [-0.05, 0) is 42.7 Å². The van der Waals surface area contributed by atoms with Crippen LogP contribution in [-0.4, -0.2) is 39.8 Å². The molecule has 1 atom stereocenters. The van der Waals surface area contributed by atoms with Crippen molar-refractivity contribution in [2.45, 2.75) is 19.3 Å². The second-order valence-electron chi connectivity index (χ2n) is 5.70. The Balaban J connectivity index is 1.66. The average molecular weight is 330 g/mol. The maximum absolute atomic E-state index is 12.5. The number of piperidine rings is 1. The SMILES string of the molecule is NC(=O)c1cc(C[C@H]2CCCN(C(=O)c3cccs3)C2)ncn1.